The normalized spacial score (nSPS) is 23.7. The summed E-state index contributed by atoms with van der Waals surface area (Å²) >= 11 is 0. The molecule has 1 heterocycles. The monoisotopic (exact) mass is 416 g/mol. The number of nitrogens with zero attached hydrogens (tertiary/aromatic N) is 3. The largest absolute Gasteiger partial charge is 0.351 e. The third-order valence-corrected chi connectivity index (χ3v) is 7.20. The van der Waals surface area contributed by atoms with E-state index >= 15 is 0 Å². The molecular formula is C26H32N4O. The lowest BCUT2D eigenvalue weighted by atomic mass is 9.65. The van der Waals surface area contributed by atoms with E-state index < -0.39 is 6.03 Å². The fourth-order valence-corrected chi connectivity index (χ4v) is 5.15. The van der Waals surface area contributed by atoms with Crippen molar-refractivity contribution in [2.45, 2.75) is 38.1 Å². The first-order chi connectivity index (χ1) is 14.8. The lowest BCUT2D eigenvalue weighted by Crippen LogP contribution is -2.50. The van der Waals surface area contributed by atoms with Gasteiger partial charge >= 0.3 is 6.03 Å². The van der Waals surface area contributed by atoms with Crippen LogP contribution in [0.5, 0.6) is 0 Å². The zero-order chi connectivity index (χ0) is 22.1. The summed E-state index contributed by atoms with van der Waals surface area (Å²) in [4.78, 5) is 21.0. The van der Waals surface area contributed by atoms with Crippen LogP contribution in [0.1, 0.15) is 38.2 Å². The van der Waals surface area contributed by atoms with Crippen molar-refractivity contribution in [3.8, 4) is 0 Å². The fraction of sp³-hybridized carbons (Fsp3) is 0.385. The zero-order valence-electron chi connectivity index (χ0n) is 18.7. The van der Waals surface area contributed by atoms with Gasteiger partial charge in [-0.1, -0.05) is 61.5 Å². The molecule has 0 aliphatic heterocycles. The SMILES string of the molecule is CN(C)[C@]1(c2ccccc2)CC[C@@](C)(CN(C(N)=O)c2cncc3ccccc23)CC1. The molecule has 1 saturated carbocycles. The minimum absolute atomic E-state index is 0.0136. The molecule has 162 valence electrons. The maximum absolute atomic E-state index is 12.5. The number of carbonyl (C=O) groups excluding carboxylic acids is 1. The van der Waals surface area contributed by atoms with Gasteiger partial charge in [0, 0.05) is 29.1 Å². The minimum Gasteiger partial charge on any atom is -0.351 e. The molecule has 5 heteroatoms. The summed E-state index contributed by atoms with van der Waals surface area (Å²) in [6, 6.07) is 18.4. The fourth-order valence-electron chi connectivity index (χ4n) is 5.15. The van der Waals surface area contributed by atoms with Gasteiger partial charge in [0.2, 0.25) is 0 Å². The molecule has 1 aliphatic rings. The van der Waals surface area contributed by atoms with Crippen molar-refractivity contribution in [1.82, 2.24) is 9.88 Å². The number of amides is 2. The lowest BCUT2D eigenvalue weighted by Gasteiger charge is -2.50. The number of nitrogens with two attached hydrogens (primary N) is 1. The van der Waals surface area contributed by atoms with E-state index in [1.54, 1.807) is 11.1 Å². The number of urea groups is 1. The molecule has 1 aromatic heterocycles. The Labute approximate surface area is 184 Å². The van der Waals surface area contributed by atoms with Gasteiger partial charge in [-0.05, 0) is 50.8 Å². The van der Waals surface area contributed by atoms with Crippen LogP contribution in [0.15, 0.2) is 67.0 Å². The van der Waals surface area contributed by atoms with E-state index in [4.69, 9.17) is 5.73 Å². The third-order valence-electron chi connectivity index (χ3n) is 7.20. The molecule has 2 aromatic carbocycles. The van der Waals surface area contributed by atoms with Crippen molar-refractivity contribution < 1.29 is 4.79 Å². The van der Waals surface area contributed by atoms with Gasteiger partial charge in [0.05, 0.1) is 11.9 Å². The number of hydrogen-bond acceptors (Lipinski definition) is 3. The molecule has 2 N–H and O–H groups in total. The van der Waals surface area contributed by atoms with Gasteiger partial charge < -0.3 is 5.73 Å². The van der Waals surface area contributed by atoms with E-state index in [-0.39, 0.29) is 11.0 Å². The van der Waals surface area contributed by atoms with E-state index in [0.717, 1.165) is 42.1 Å². The lowest BCUT2D eigenvalue weighted by molar-refractivity contribution is 0.0459. The molecule has 1 aliphatic carbocycles. The Bertz CT molecular complexity index is 1050. The summed E-state index contributed by atoms with van der Waals surface area (Å²) in [6.45, 7) is 2.88. The number of fused-ring (bicyclic) bond motifs is 1. The molecular weight excluding hydrogens is 384 g/mol. The minimum atomic E-state index is -0.424. The van der Waals surface area contributed by atoms with Gasteiger partial charge in [0.1, 0.15) is 0 Å². The number of benzene rings is 2. The van der Waals surface area contributed by atoms with Crippen LogP contribution in [0.25, 0.3) is 10.8 Å². The van der Waals surface area contributed by atoms with Gasteiger partial charge in [-0.2, -0.15) is 0 Å². The highest BCUT2D eigenvalue weighted by Gasteiger charge is 2.44. The number of pyridine rings is 1. The highest BCUT2D eigenvalue weighted by Crippen LogP contribution is 2.48. The molecule has 0 radical (unpaired) electrons. The Kier molecular flexibility index (Phi) is 5.71. The second kappa shape index (κ2) is 8.31. The Morgan fingerprint density at radius 1 is 0.968 bits per heavy atom. The van der Waals surface area contributed by atoms with Crippen molar-refractivity contribution in [2.24, 2.45) is 11.1 Å². The standard InChI is InChI=1S/C26H32N4O/c1-25(13-15-26(16-14-25,29(2)3)21-10-5-4-6-11-21)19-30(24(27)31)23-18-28-17-20-9-7-8-12-22(20)23/h4-12,17-18H,13-16,19H2,1-3H3,(H2,27,31)/t25-,26-. The maximum Gasteiger partial charge on any atom is 0.319 e. The molecule has 0 unspecified atom stereocenters. The molecule has 0 atom stereocenters. The molecule has 2 amide bonds. The van der Waals surface area contributed by atoms with E-state index in [9.17, 15) is 4.79 Å². The van der Waals surface area contributed by atoms with Crippen molar-refractivity contribution in [3.05, 3.63) is 72.6 Å². The van der Waals surface area contributed by atoms with Crippen molar-refractivity contribution in [2.75, 3.05) is 25.5 Å². The van der Waals surface area contributed by atoms with Crippen LogP contribution in [-0.2, 0) is 5.54 Å². The number of hydrogen-bond donors (Lipinski definition) is 1. The smallest absolute Gasteiger partial charge is 0.319 e. The highest BCUT2D eigenvalue weighted by molar-refractivity contribution is 6.02. The number of anilines is 1. The van der Waals surface area contributed by atoms with Crippen molar-refractivity contribution >= 4 is 22.5 Å². The average Bonchev–Trinajstić information content (AvgIpc) is 2.78. The van der Waals surface area contributed by atoms with Crippen LogP contribution < -0.4 is 10.6 Å². The number of carbonyl (C=O) groups is 1. The summed E-state index contributed by atoms with van der Waals surface area (Å²) in [5, 5.41) is 2.01. The predicted octanol–water partition coefficient (Wildman–Crippen LogP) is 5.16. The van der Waals surface area contributed by atoms with Crippen molar-refractivity contribution in [1.29, 1.82) is 0 Å². The first kappa shape index (κ1) is 21.3. The van der Waals surface area contributed by atoms with Crippen LogP contribution >= 0.6 is 0 Å². The Balaban J connectivity index is 1.60. The van der Waals surface area contributed by atoms with Crippen molar-refractivity contribution in [3.63, 3.8) is 0 Å². The first-order valence-electron chi connectivity index (χ1n) is 11.0. The quantitative estimate of drug-likeness (QED) is 0.625. The van der Waals surface area contributed by atoms with E-state index in [1.807, 2.05) is 30.5 Å². The summed E-state index contributed by atoms with van der Waals surface area (Å²) in [5.74, 6) is 0. The Morgan fingerprint density at radius 2 is 1.61 bits per heavy atom. The Morgan fingerprint density at radius 3 is 2.26 bits per heavy atom. The number of rotatable bonds is 5. The van der Waals surface area contributed by atoms with Crippen LogP contribution in [0.4, 0.5) is 10.5 Å². The molecule has 0 saturated heterocycles. The second-order valence-corrected chi connectivity index (χ2v) is 9.41. The number of aromatic nitrogens is 1. The molecule has 3 aromatic rings. The zero-order valence-corrected chi connectivity index (χ0v) is 18.7. The molecule has 0 spiro atoms. The van der Waals surface area contributed by atoms with Crippen LogP contribution in [0.2, 0.25) is 0 Å². The van der Waals surface area contributed by atoms with Gasteiger partial charge in [0.15, 0.2) is 0 Å². The second-order valence-electron chi connectivity index (χ2n) is 9.41. The third kappa shape index (κ3) is 4.02. The highest BCUT2D eigenvalue weighted by atomic mass is 16.2. The first-order valence-corrected chi connectivity index (χ1v) is 11.0. The number of primary amides is 1. The summed E-state index contributed by atoms with van der Waals surface area (Å²) < 4.78 is 0. The van der Waals surface area contributed by atoms with Gasteiger partial charge in [-0.3, -0.25) is 14.8 Å². The molecule has 4 rings (SSSR count). The van der Waals surface area contributed by atoms with E-state index in [0.29, 0.717) is 6.54 Å². The average molecular weight is 417 g/mol. The van der Waals surface area contributed by atoms with Gasteiger partial charge in [0.25, 0.3) is 0 Å². The molecule has 5 nitrogen and oxygen atoms in total. The molecule has 31 heavy (non-hydrogen) atoms. The summed E-state index contributed by atoms with van der Waals surface area (Å²) in [5.41, 5.74) is 8.05. The van der Waals surface area contributed by atoms with E-state index in [1.165, 1.54) is 5.56 Å². The topological polar surface area (TPSA) is 62.5 Å². The van der Waals surface area contributed by atoms with Gasteiger partial charge in [-0.15, -0.1) is 0 Å². The summed E-state index contributed by atoms with van der Waals surface area (Å²) in [7, 11) is 4.35. The predicted molar refractivity (Wildman–Crippen MR) is 127 cm³/mol. The van der Waals surface area contributed by atoms with Crippen LogP contribution in [0.3, 0.4) is 0 Å². The molecule has 0 bridgehead atoms. The Hall–Kier alpha value is -2.92. The van der Waals surface area contributed by atoms with Crippen LogP contribution in [0, 0.1) is 5.41 Å². The van der Waals surface area contributed by atoms with E-state index in [2.05, 4.69) is 61.2 Å². The summed E-state index contributed by atoms with van der Waals surface area (Å²) in [6.07, 6.45) is 7.70. The molecule has 1 fully saturated rings. The maximum atomic E-state index is 12.5. The van der Waals surface area contributed by atoms with Crippen LogP contribution in [-0.4, -0.2) is 36.6 Å². The van der Waals surface area contributed by atoms with Gasteiger partial charge in [-0.25, -0.2) is 4.79 Å².